The van der Waals surface area contributed by atoms with E-state index in [1.807, 2.05) is 0 Å². The fourth-order valence-electron chi connectivity index (χ4n) is 5.17. The van der Waals surface area contributed by atoms with Crippen molar-refractivity contribution in [2.24, 2.45) is 0 Å². The Hall–Kier alpha value is -3.82. The van der Waals surface area contributed by atoms with Crippen LogP contribution in [0.2, 0.25) is 5.02 Å². The van der Waals surface area contributed by atoms with Crippen LogP contribution < -0.4 is 4.90 Å². The predicted octanol–water partition coefficient (Wildman–Crippen LogP) is 9.27. The zero-order chi connectivity index (χ0) is 29.6. The number of hydrogen-bond acceptors (Lipinski definition) is 2. The topological polar surface area (TPSA) is 29.5 Å². The molecule has 0 radical (unpaired) electrons. The molecule has 3 nitrogen and oxygen atoms in total. The summed E-state index contributed by atoms with van der Waals surface area (Å²) in [6, 6.07) is 23.6. The van der Waals surface area contributed by atoms with Crippen molar-refractivity contribution in [1.82, 2.24) is 0 Å². The number of carbonyl (C=O) groups excluding carboxylic acids is 1. The number of para-hydroxylation sites is 2. The second-order valence-electron chi connectivity index (χ2n) is 9.85. The molecule has 2 atom stereocenters. The van der Waals surface area contributed by atoms with Gasteiger partial charge in [-0.3, -0.25) is 9.69 Å². The molecule has 0 saturated heterocycles. The van der Waals surface area contributed by atoms with E-state index in [-0.39, 0.29) is 17.5 Å². The Bertz CT molecular complexity index is 1540. The molecule has 0 N–H and O–H groups in total. The van der Waals surface area contributed by atoms with Gasteiger partial charge in [-0.2, -0.15) is 26.3 Å². The summed E-state index contributed by atoms with van der Waals surface area (Å²) in [6.45, 7) is 1.03. The van der Waals surface area contributed by atoms with E-state index in [0.717, 1.165) is 0 Å². The number of amides is 1. The molecule has 0 spiro atoms. The van der Waals surface area contributed by atoms with Gasteiger partial charge in [0.2, 0.25) is 5.91 Å². The lowest BCUT2D eigenvalue weighted by Crippen LogP contribution is -2.42. The summed E-state index contributed by atoms with van der Waals surface area (Å²) in [5, 5.41) is 0.398. The fraction of sp³-hybridized carbons (Fsp3) is 0.194. The van der Waals surface area contributed by atoms with Crippen molar-refractivity contribution in [3.63, 3.8) is 0 Å². The highest BCUT2D eigenvalue weighted by atomic mass is 35.5. The van der Waals surface area contributed by atoms with E-state index in [1.165, 1.54) is 4.90 Å². The van der Waals surface area contributed by atoms with Crippen LogP contribution in [-0.2, 0) is 33.9 Å². The number of halogens is 7. The van der Waals surface area contributed by atoms with Crippen LogP contribution in [0.4, 0.5) is 37.7 Å². The molecule has 0 saturated carbocycles. The third kappa shape index (κ3) is 5.44. The smallest absolute Gasteiger partial charge is 0.367 e. The molecule has 212 valence electrons. The van der Waals surface area contributed by atoms with E-state index in [1.54, 1.807) is 85.8 Å². The van der Waals surface area contributed by atoms with Gasteiger partial charge in [-0.05, 0) is 72.1 Å². The summed E-state index contributed by atoms with van der Waals surface area (Å²) in [6.07, 6.45) is -11.1. The van der Waals surface area contributed by atoms with Gasteiger partial charge < -0.3 is 4.74 Å². The van der Waals surface area contributed by atoms with Gasteiger partial charge in [-0.15, -0.1) is 0 Å². The molecule has 4 aromatic carbocycles. The average Bonchev–Trinajstić information content (AvgIpc) is 3.16. The maximum Gasteiger partial charge on any atom is 0.416 e. The number of anilines is 2. The molecule has 0 bridgehead atoms. The molecular formula is C31H22ClF6NO2. The van der Waals surface area contributed by atoms with Crippen molar-refractivity contribution < 1.29 is 35.9 Å². The molecule has 10 heteroatoms. The minimum atomic E-state index is -5.01. The van der Waals surface area contributed by atoms with Crippen LogP contribution >= 0.6 is 11.6 Å². The summed E-state index contributed by atoms with van der Waals surface area (Å²) in [4.78, 5) is 15.8. The van der Waals surface area contributed by atoms with E-state index < -0.39 is 41.6 Å². The first-order valence-electron chi connectivity index (χ1n) is 12.4. The summed E-state index contributed by atoms with van der Waals surface area (Å²) in [5.74, 6) is -0.370. The molecule has 4 aromatic rings. The average molecular weight is 590 g/mol. The van der Waals surface area contributed by atoms with Crippen molar-refractivity contribution in [2.75, 3.05) is 4.90 Å². The number of carbonyl (C=O) groups is 1. The van der Waals surface area contributed by atoms with Crippen LogP contribution in [0.5, 0.6) is 0 Å². The summed E-state index contributed by atoms with van der Waals surface area (Å²) in [7, 11) is 0. The Morgan fingerprint density at radius 2 is 1.37 bits per heavy atom. The van der Waals surface area contributed by atoms with Crippen molar-refractivity contribution >= 4 is 28.9 Å². The van der Waals surface area contributed by atoms with Gasteiger partial charge in [0.15, 0.2) is 0 Å². The maximum absolute atomic E-state index is 14.3. The van der Waals surface area contributed by atoms with Crippen molar-refractivity contribution in [1.29, 1.82) is 0 Å². The quantitative estimate of drug-likeness (QED) is 0.210. The summed E-state index contributed by atoms with van der Waals surface area (Å²) < 4.78 is 87.1. The van der Waals surface area contributed by atoms with Gasteiger partial charge in [-0.25, -0.2) is 0 Å². The monoisotopic (exact) mass is 589 g/mol. The minimum Gasteiger partial charge on any atom is -0.367 e. The molecule has 5 rings (SSSR count). The minimum absolute atomic E-state index is 0.0654. The Labute approximate surface area is 236 Å². The maximum atomic E-state index is 14.3. The predicted molar refractivity (Wildman–Crippen MR) is 143 cm³/mol. The SMILES string of the molecule is C[C@@]1([C@@H](OCc2cc(C(F)(F)F)cc(C(F)(F)F)c2)c2ccc(Cl)cc2)C(=O)N(c2ccccc2)c2ccccc21. The summed E-state index contributed by atoms with van der Waals surface area (Å²) >= 11 is 6.09. The van der Waals surface area contributed by atoms with Crippen molar-refractivity contribution in [3.8, 4) is 0 Å². The summed E-state index contributed by atoms with van der Waals surface area (Å²) in [5.41, 5.74) is -2.39. The second kappa shape index (κ2) is 10.5. The Morgan fingerprint density at radius 3 is 1.95 bits per heavy atom. The molecule has 0 aliphatic carbocycles. The molecule has 1 heterocycles. The molecule has 1 aliphatic heterocycles. The Kier molecular flexibility index (Phi) is 7.38. The molecule has 1 amide bonds. The number of alkyl halides is 6. The first-order valence-corrected chi connectivity index (χ1v) is 12.8. The molecule has 41 heavy (non-hydrogen) atoms. The third-order valence-electron chi connectivity index (χ3n) is 7.13. The molecule has 0 aromatic heterocycles. The number of ether oxygens (including phenoxy) is 1. The van der Waals surface area contributed by atoms with Crippen LogP contribution in [0.15, 0.2) is 97.1 Å². The van der Waals surface area contributed by atoms with Crippen LogP contribution in [0.1, 0.15) is 40.8 Å². The van der Waals surface area contributed by atoms with E-state index >= 15 is 0 Å². The Balaban J connectivity index is 1.61. The van der Waals surface area contributed by atoms with E-state index in [4.69, 9.17) is 16.3 Å². The highest BCUT2D eigenvalue weighted by Gasteiger charge is 2.54. The van der Waals surface area contributed by atoms with Crippen molar-refractivity contribution in [3.05, 3.63) is 130 Å². The van der Waals surface area contributed by atoms with E-state index in [0.29, 0.717) is 39.7 Å². The third-order valence-corrected chi connectivity index (χ3v) is 7.38. The Morgan fingerprint density at radius 1 is 0.805 bits per heavy atom. The van der Waals surface area contributed by atoms with Crippen LogP contribution in [0.3, 0.4) is 0 Å². The zero-order valence-electron chi connectivity index (χ0n) is 21.4. The van der Waals surface area contributed by atoms with Crippen LogP contribution in [0, 0.1) is 0 Å². The lowest BCUT2D eigenvalue weighted by Gasteiger charge is -2.34. The highest BCUT2D eigenvalue weighted by molar-refractivity contribution is 6.30. The number of nitrogens with zero attached hydrogens (tertiary/aromatic N) is 1. The molecule has 0 fully saturated rings. The number of fused-ring (bicyclic) bond motifs is 1. The van der Waals surface area contributed by atoms with Gasteiger partial charge in [0.1, 0.15) is 11.5 Å². The second-order valence-corrected chi connectivity index (χ2v) is 10.3. The highest BCUT2D eigenvalue weighted by Crippen LogP contribution is 2.52. The largest absolute Gasteiger partial charge is 0.416 e. The van der Waals surface area contributed by atoms with Gasteiger partial charge in [0.05, 0.1) is 23.4 Å². The van der Waals surface area contributed by atoms with Crippen molar-refractivity contribution in [2.45, 2.75) is 37.4 Å². The lowest BCUT2D eigenvalue weighted by atomic mass is 9.75. The number of benzene rings is 4. The van der Waals surface area contributed by atoms with Gasteiger partial charge in [0.25, 0.3) is 0 Å². The zero-order valence-corrected chi connectivity index (χ0v) is 22.2. The number of hydrogen-bond donors (Lipinski definition) is 0. The normalized spacial score (nSPS) is 18.0. The lowest BCUT2D eigenvalue weighted by molar-refractivity contribution is -0.143. The standard InChI is InChI=1S/C31H22ClF6NO2/c1-29(25-9-5-6-10-26(25)39(28(29)40)24-7-3-2-4-8-24)27(20-11-13-23(32)14-12-20)41-18-19-15-21(30(33,34)35)17-22(16-19)31(36,37)38/h2-17,27H,18H2,1H3/t27-,29+/m0/s1. The first kappa shape index (κ1) is 28.7. The fourth-order valence-corrected chi connectivity index (χ4v) is 5.29. The molecular weight excluding hydrogens is 568 g/mol. The van der Waals surface area contributed by atoms with Gasteiger partial charge >= 0.3 is 12.4 Å². The molecule has 1 aliphatic rings. The van der Waals surface area contributed by atoms with E-state index in [2.05, 4.69) is 0 Å². The van der Waals surface area contributed by atoms with Crippen LogP contribution in [0.25, 0.3) is 0 Å². The molecule has 0 unspecified atom stereocenters. The van der Waals surface area contributed by atoms with Gasteiger partial charge in [0, 0.05) is 10.7 Å². The van der Waals surface area contributed by atoms with Gasteiger partial charge in [-0.1, -0.05) is 60.1 Å². The number of rotatable bonds is 6. The van der Waals surface area contributed by atoms with E-state index in [9.17, 15) is 31.1 Å². The first-order chi connectivity index (χ1) is 19.3. The van der Waals surface area contributed by atoms with Crippen LogP contribution in [-0.4, -0.2) is 5.91 Å².